The summed E-state index contributed by atoms with van der Waals surface area (Å²) in [6.45, 7) is 0. The van der Waals surface area contributed by atoms with Gasteiger partial charge in [-0.25, -0.2) is 13.2 Å². The van der Waals surface area contributed by atoms with Gasteiger partial charge < -0.3 is 0 Å². The molecule has 0 aliphatic heterocycles. The maximum absolute atomic E-state index is 10.6. The van der Waals surface area contributed by atoms with Crippen molar-refractivity contribution in [2.75, 3.05) is 6.26 Å². The number of nitrogens with zero attached hydrogens (tertiary/aromatic N) is 1. The zero-order valence-electron chi connectivity index (χ0n) is 7.44. The van der Waals surface area contributed by atoms with Crippen molar-refractivity contribution in [1.29, 1.82) is 0 Å². The van der Waals surface area contributed by atoms with Crippen LogP contribution >= 0.6 is 11.6 Å². The van der Waals surface area contributed by atoms with Crippen LogP contribution in [0.1, 0.15) is 5.56 Å². The highest BCUT2D eigenvalue weighted by Crippen LogP contribution is 2.08. The quantitative estimate of drug-likeness (QED) is 0.629. The third kappa shape index (κ3) is 4.25. The average Bonchev–Trinajstić information content (AvgIpc) is 2.01. The van der Waals surface area contributed by atoms with E-state index >= 15 is 0 Å². The molecular weight excluding hydrogens is 224 g/mol. The van der Waals surface area contributed by atoms with Crippen molar-refractivity contribution in [1.82, 2.24) is 4.83 Å². The number of benzene rings is 1. The van der Waals surface area contributed by atoms with Crippen LogP contribution in [0.5, 0.6) is 0 Å². The fourth-order valence-electron chi connectivity index (χ4n) is 0.784. The van der Waals surface area contributed by atoms with Gasteiger partial charge in [0.05, 0.1) is 12.5 Å². The van der Waals surface area contributed by atoms with E-state index in [2.05, 4.69) is 5.10 Å². The van der Waals surface area contributed by atoms with Gasteiger partial charge in [0.25, 0.3) is 0 Å². The van der Waals surface area contributed by atoms with Gasteiger partial charge in [-0.05, 0) is 17.7 Å². The van der Waals surface area contributed by atoms with Crippen molar-refractivity contribution in [3.8, 4) is 0 Å². The van der Waals surface area contributed by atoms with Crippen molar-refractivity contribution in [3.05, 3.63) is 34.9 Å². The molecule has 0 saturated carbocycles. The number of rotatable bonds is 3. The molecule has 0 fully saturated rings. The Morgan fingerprint density at radius 2 is 2.21 bits per heavy atom. The summed E-state index contributed by atoms with van der Waals surface area (Å²) < 4.78 is 21.3. The van der Waals surface area contributed by atoms with Gasteiger partial charge in [-0.3, -0.25) is 0 Å². The van der Waals surface area contributed by atoms with Crippen molar-refractivity contribution in [2.24, 2.45) is 5.10 Å². The summed E-state index contributed by atoms with van der Waals surface area (Å²) in [5, 5.41) is 4.11. The lowest BCUT2D eigenvalue weighted by molar-refractivity contribution is 0.591. The van der Waals surface area contributed by atoms with Crippen LogP contribution in [-0.2, 0) is 10.0 Å². The molecular formula is C8H9ClN2O2S. The van der Waals surface area contributed by atoms with E-state index in [1.165, 1.54) is 6.21 Å². The van der Waals surface area contributed by atoms with E-state index in [0.29, 0.717) is 5.02 Å². The first-order chi connectivity index (χ1) is 6.47. The fraction of sp³-hybridized carbons (Fsp3) is 0.125. The SMILES string of the molecule is CS(=O)(=O)N/N=C/c1cccc(Cl)c1. The van der Waals surface area contributed by atoms with Crippen molar-refractivity contribution < 1.29 is 8.42 Å². The molecule has 0 unspecified atom stereocenters. The predicted octanol–water partition coefficient (Wildman–Crippen LogP) is 1.22. The minimum absolute atomic E-state index is 0.577. The molecule has 1 N–H and O–H groups in total. The maximum Gasteiger partial charge on any atom is 0.244 e. The number of nitrogens with one attached hydrogen (secondary N) is 1. The molecule has 0 aliphatic carbocycles. The first-order valence-corrected chi connectivity index (χ1v) is 6.00. The largest absolute Gasteiger partial charge is 0.244 e. The number of halogens is 1. The molecule has 1 rings (SSSR count). The summed E-state index contributed by atoms with van der Waals surface area (Å²) in [5.41, 5.74) is 0.730. The first kappa shape index (κ1) is 11.0. The summed E-state index contributed by atoms with van der Waals surface area (Å²) >= 11 is 5.71. The lowest BCUT2D eigenvalue weighted by atomic mass is 10.2. The maximum atomic E-state index is 10.6. The topological polar surface area (TPSA) is 58.5 Å². The second-order valence-corrected chi connectivity index (χ2v) is 4.84. The summed E-state index contributed by atoms with van der Waals surface area (Å²) in [7, 11) is -3.29. The van der Waals surface area contributed by atoms with Crippen LogP contribution in [0.15, 0.2) is 29.4 Å². The van der Waals surface area contributed by atoms with Gasteiger partial charge in [-0.1, -0.05) is 23.7 Å². The molecule has 76 valence electrons. The molecule has 0 heterocycles. The second-order valence-electron chi connectivity index (χ2n) is 2.68. The molecule has 0 amide bonds. The van der Waals surface area contributed by atoms with E-state index in [0.717, 1.165) is 11.8 Å². The van der Waals surface area contributed by atoms with Crippen LogP contribution in [0.25, 0.3) is 0 Å². The van der Waals surface area contributed by atoms with Gasteiger partial charge in [0.15, 0.2) is 0 Å². The lowest BCUT2D eigenvalue weighted by Crippen LogP contribution is -2.15. The smallest absolute Gasteiger partial charge is 0.206 e. The number of hydrazone groups is 1. The molecule has 0 atom stereocenters. The van der Waals surface area contributed by atoms with Crippen molar-refractivity contribution in [3.63, 3.8) is 0 Å². The predicted molar refractivity (Wildman–Crippen MR) is 57.0 cm³/mol. The Labute approximate surface area is 87.6 Å². The second kappa shape index (κ2) is 4.43. The van der Waals surface area contributed by atoms with Crippen LogP contribution in [0.3, 0.4) is 0 Å². The molecule has 1 aromatic rings. The Kier molecular flexibility index (Phi) is 3.49. The molecule has 0 spiro atoms. The third-order valence-corrected chi connectivity index (χ3v) is 1.95. The van der Waals surface area contributed by atoms with E-state index in [9.17, 15) is 8.42 Å². The van der Waals surface area contributed by atoms with Crippen LogP contribution in [0.2, 0.25) is 5.02 Å². The molecule has 0 bridgehead atoms. The molecule has 0 saturated heterocycles. The average molecular weight is 233 g/mol. The Morgan fingerprint density at radius 3 is 2.79 bits per heavy atom. The Morgan fingerprint density at radius 1 is 1.50 bits per heavy atom. The molecule has 1 aromatic carbocycles. The normalized spacial score (nSPS) is 11.9. The van der Waals surface area contributed by atoms with E-state index in [1.807, 2.05) is 4.83 Å². The number of sulfonamides is 1. The Balaban J connectivity index is 2.70. The molecule has 0 aromatic heterocycles. The zero-order valence-corrected chi connectivity index (χ0v) is 9.01. The summed E-state index contributed by atoms with van der Waals surface area (Å²) in [5.74, 6) is 0. The molecule has 6 heteroatoms. The fourth-order valence-corrected chi connectivity index (χ4v) is 1.23. The minimum Gasteiger partial charge on any atom is -0.206 e. The molecule has 0 aliphatic rings. The lowest BCUT2D eigenvalue weighted by Gasteiger charge is -1.95. The van der Waals surface area contributed by atoms with Gasteiger partial charge in [0, 0.05) is 5.02 Å². The number of hydrogen-bond donors (Lipinski definition) is 1. The highest BCUT2D eigenvalue weighted by atomic mass is 35.5. The van der Waals surface area contributed by atoms with Gasteiger partial charge in [0.2, 0.25) is 10.0 Å². The zero-order chi connectivity index (χ0) is 10.6. The summed E-state index contributed by atoms with van der Waals surface area (Å²) in [6.07, 6.45) is 2.41. The van der Waals surface area contributed by atoms with Crippen molar-refractivity contribution in [2.45, 2.75) is 0 Å². The van der Waals surface area contributed by atoms with Crippen LogP contribution < -0.4 is 4.83 Å². The monoisotopic (exact) mass is 232 g/mol. The van der Waals surface area contributed by atoms with Crippen LogP contribution in [-0.4, -0.2) is 20.9 Å². The molecule has 4 nitrogen and oxygen atoms in total. The van der Waals surface area contributed by atoms with E-state index in [-0.39, 0.29) is 0 Å². The van der Waals surface area contributed by atoms with E-state index < -0.39 is 10.0 Å². The highest BCUT2D eigenvalue weighted by Gasteiger charge is 1.94. The molecule has 0 radical (unpaired) electrons. The first-order valence-electron chi connectivity index (χ1n) is 3.73. The van der Waals surface area contributed by atoms with Gasteiger partial charge >= 0.3 is 0 Å². The van der Waals surface area contributed by atoms with Gasteiger partial charge in [0.1, 0.15) is 0 Å². The highest BCUT2D eigenvalue weighted by molar-refractivity contribution is 7.88. The van der Waals surface area contributed by atoms with Crippen LogP contribution in [0.4, 0.5) is 0 Å². The van der Waals surface area contributed by atoms with E-state index in [1.54, 1.807) is 24.3 Å². The summed E-state index contributed by atoms with van der Waals surface area (Å²) in [4.78, 5) is 1.99. The Hall–Kier alpha value is -1.07. The van der Waals surface area contributed by atoms with Gasteiger partial charge in [-0.2, -0.15) is 5.10 Å². The minimum atomic E-state index is -3.29. The molecule has 14 heavy (non-hydrogen) atoms. The van der Waals surface area contributed by atoms with Gasteiger partial charge in [-0.15, -0.1) is 0 Å². The third-order valence-electron chi connectivity index (χ3n) is 1.28. The Bertz CT molecular complexity index is 442. The number of hydrogen-bond acceptors (Lipinski definition) is 3. The summed E-state index contributed by atoms with van der Waals surface area (Å²) in [6, 6.07) is 6.92. The van der Waals surface area contributed by atoms with E-state index in [4.69, 9.17) is 11.6 Å². The van der Waals surface area contributed by atoms with Crippen molar-refractivity contribution >= 4 is 27.8 Å². The standard InChI is InChI=1S/C8H9ClN2O2S/c1-14(12,13)11-10-6-7-3-2-4-8(9)5-7/h2-6,11H,1H3/b10-6+. The van der Waals surface area contributed by atoms with Crippen LogP contribution in [0, 0.1) is 0 Å².